The van der Waals surface area contributed by atoms with Crippen LogP contribution in [0.15, 0.2) is 24.4 Å². The molecule has 0 aliphatic carbocycles. The molecule has 1 aromatic heterocycles. The molecule has 0 fully saturated rings. The van der Waals surface area contributed by atoms with Crippen LogP contribution >= 0.6 is 12.2 Å². The largest absolute Gasteiger partial charge is 0.335 e. The Morgan fingerprint density at radius 3 is 2.69 bits per heavy atom. The lowest BCUT2D eigenvalue weighted by Gasteiger charge is -2.06. The highest BCUT2D eigenvalue weighted by atomic mass is 32.1. The van der Waals surface area contributed by atoms with E-state index in [0.29, 0.717) is 10.3 Å². The second-order valence-corrected chi connectivity index (χ2v) is 4.11. The van der Waals surface area contributed by atoms with Crippen molar-refractivity contribution in [1.82, 2.24) is 9.55 Å². The number of hydrogen-bond donors (Lipinski definition) is 1. The predicted molar refractivity (Wildman–Crippen MR) is 65.1 cm³/mol. The summed E-state index contributed by atoms with van der Waals surface area (Å²) in [4.78, 5) is 3.07. The molecule has 1 N–H and O–H groups in total. The molecule has 0 amide bonds. The number of hydrogen-bond acceptors (Lipinski definition) is 2. The number of nitrogens with one attached hydrogen (secondary N) is 1. The molecule has 0 atom stereocenters. The van der Waals surface area contributed by atoms with Crippen molar-refractivity contribution < 1.29 is 0 Å². The standard InChI is InChI=1S/C12H11N3S/c1-8-3-4-10(6-13)5-11(8)15-7-9(2)14-12(15)16/h3-5,7H,1-2H3,(H,14,16). The van der Waals surface area contributed by atoms with Crippen LogP contribution in [-0.2, 0) is 0 Å². The van der Waals surface area contributed by atoms with E-state index in [1.807, 2.05) is 42.8 Å². The monoisotopic (exact) mass is 229 g/mol. The second-order valence-electron chi connectivity index (χ2n) is 3.73. The smallest absolute Gasteiger partial charge is 0.181 e. The van der Waals surface area contributed by atoms with Crippen LogP contribution < -0.4 is 0 Å². The Kier molecular flexibility index (Phi) is 2.63. The maximum atomic E-state index is 8.88. The van der Waals surface area contributed by atoms with E-state index in [4.69, 9.17) is 17.5 Å². The summed E-state index contributed by atoms with van der Waals surface area (Å²) < 4.78 is 2.54. The fourth-order valence-electron chi connectivity index (χ4n) is 1.63. The average molecular weight is 229 g/mol. The van der Waals surface area contributed by atoms with Crippen LogP contribution in [0.4, 0.5) is 0 Å². The van der Waals surface area contributed by atoms with E-state index in [2.05, 4.69) is 11.1 Å². The maximum absolute atomic E-state index is 8.88. The van der Waals surface area contributed by atoms with Crippen molar-refractivity contribution in [2.24, 2.45) is 0 Å². The van der Waals surface area contributed by atoms with E-state index >= 15 is 0 Å². The third-order valence-corrected chi connectivity index (χ3v) is 2.74. The number of nitrogens with zero attached hydrogens (tertiary/aromatic N) is 2. The SMILES string of the molecule is Cc1cn(-c2cc(C#N)ccc2C)c(=S)[nH]1. The van der Waals surface area contributed by atoms with Gasteiger partial charge in [-0.3, -0.25) is 4.57 Å². The zero-order valence-electron chi connectivity index (χ0n) is 9.11. The minimum Gasteiger partial charge on any atom is -0.335 e. The fourth-order valence-corrected chi connectivity index (χ4v) is 1.94. The summed E-state index contributed by atoms with van der Waals surface area (Å²) in [6.45, 7) is 3.95. The summed E-state index contributed by atoms with van der Waals surface area (Å²) in [5.74, 6) is 0. The number of imidazole rings is 1. The van der Waals surface area contributed by atoms with Crippen molar-refractivity contribution in [3.63, 3.8) is 0 Å². The predicted octanol–water partition coefficient (Wildman–Crippen LogP) is 3.02. The molecule has 3 nitrogen and oxygen atoms in total. The molecule has 0 saturated carbocycles. The van der Waals surface area contributed by atoms with Gasteiger partial charge >= 0.3 is 0 Å². The van der Waals surface area contributed by atoms with Crippen LogP contribution in [0.25, 0.3) is 5.69 Å². The van der Waals surface area contributed by atoms with Crippen molar-refractivity contribution in [3.8, 4) is 11.8 Å². The van der Waals surface area contributed by atoms with Gasteiger partial charge in [-0.2, -0.15) is 5.26 Å². The normalized spacial score (nSPS) is 10.1. The van der Waals surface area contributed by atoms with Crippen molar-refractivity contribution in [3.05, 3.63) is 46.0 Å². The van der Waals surface area contributed by atoms with Crippen LogP contribution in [0, 0.1) is 29.9 Å². The van der Waals surface area contributed by atoms with Crippen molar-refractivity contribution in [2.75, 3.05) is 0 Å². The molecule has 0 radical (unpaired) electrons. The van der Waals surface area contributed by atoms with E-state index in [1.165, 1.54) is 0 Å². The first kappa shape index (κ1) is 10.7. The van der Waals surface area contributed by atoms with Gasteiger partial charge in [0.1, 0.15) is 0 Å². The average Bonchev–Trinajstić information content (AvgIpc) is 2.58. The molecule has 0 spiro atoms. The molecule has 0 aliphatic rings. The van der Waals surface area contributed by atoms with E-state index in [0.717, 1.165) is 16.9 Å². The first-order chi connectivity index (χ1) is 7.61. The summed E-state index contributed by atoms with van der Waals surface area (Å²) in [5.41, 5.74) is 3.69. The minimum absolute atomic E-state index is 0.640. The first-order valence-corrected chi connectivity index (χ1v) is 5.32. The molecule has 80 valence electrons. The Hall–Kier alpha value is -1.86. The highest BCUT2D eigenvalue weighted by Gasteiger charge is 2.04. The summed E-state index contributed by atoms with van der Waals surface area (Å²) >= 11 is 5.22. The molecule has 0 unspecified atom stereocenters. The molecule has 1 heterocycles. The molecule has 16 heavy (non-hydrogen) atoms. The fraction of sp³-hybridized carbons (Fsp3) is 0.167. The Morgan fingerprint density at radius 2 is 2.12 bits per heavy atom. The molecule has 0 saturated heterocycles. The van der Waals surface area contributed by atoms with Gasteiger partial charge in [0.25, 0.3) is 0 Å². The Balaban J connectivity index is 2.69. The highest BCUT2D eigenvalue weighted by molar-refractivity contribution is 7.71. The minimum atomic E-state index is 0.640. The summed E-state index contributed by atoms with van der Waals surface area (Å²) in [6, 6.07) is 7.71. The lowest BCUT2D eigenvalue weighted by molar-refractivity contribution is 1.02. The van der Waals surface area contributed by atoms with Crippen molar-refractivity contribution in [2.45, 2.75) is 13.8 Å². The number of rotatable bonds is 1. The van der Waals surface area contributed by atoms with Crippen LogP contribution in [0.2, 0.25) is 0 Å². The first-order valence-electron chi connectivity index (χ1n) is 4.91. The molecule has 1 aromatic carbocycles. The van der Waals surface area contributed by atoms with Crippen LogP contribution in [0.3, 0.4) is 0 Å². The molecule has 0 bridgehead atoms. The van der Waals surface area contributed by atoms with Crippen LogP contribution in [0.5, 0.6) is 0 Å². The number of H-pyrrole nitrogens is 1. The summed E-state index contributed by atoms with van der Waals surface area (Å²) in [6.07, 6.45) is 1.94. The highest BCUT2D eigenvalue weighted by Crippen LogP contribution is 2.17. The van der Waals surface area contributed by atoms with Gasteiger partial charge in [0.15, 0.2) is 4.77 Å². The van der Waals surface area contributed by atoms with Gasteiger partial charge in [-0.1, -0.05) is 6.07 Å². The van der Waals surface area contributed by atoms with Gasteiger partial charge in [0.05, 0.1) is 17.3 Å². The number of nitriles is 1. The number of aromatic nitrogens is 2. The lowest BCUT2D eigenvalue weighted by atomic mass is 10.1. The van der Waals surface area contributed by atoms with Crippen molar-refractivity contribution >= 4 is 12.2 Å². The Bertz CT molecular complexity index is 628. The zero-order chi connectivity index (χ0) is 11.7. The van der Waals surface area contributed by atoms with E-state index in [-0.39, 0.29) is 0 Å². The van der Waals surface area contributed by atoms with Crippen LogP contribution in [-0.4, -0.2) is 9.55 Å². The van der Waals surface area contributed by atoms with Gasteiger partial charge in [-0.05, 0) is 43.8 Å². The molecule has 4 heteroatoms. The van der Waals surface area contributed by atoms with Crippen LogP contribution in [0.1, 0.15) is 16.8 Å². The Morgan fingerprint density at radius 1 is 1.38 bits per heavy atom. The van der Waals surface area contributed by atoms with Gasteiger partial charge in [0, 0.05) is 11.9 Å². The topological polar surface area (TPSA) is 44.5 Å². The maximum Gasteiger partial charge on any atom is 0.181 e. The van der Waals surface area contributed by atoms with Gasteiger partial charge < -0.3 is 4.98 Å². The summed E-state index contributed by atoms with van der Waals surface area (Å²) in [7, 11) is 0. The third kappa shape index (κ3) is 1.77. The van der Waals surface area contributed by atoms with Gasteiger partial charge in [-0.25, -0.2) is 0 Å². The molecule has 2 rings (SSSR count). The van der Waals surface area contributed by atoms with Gasteiger partial charge in [-0.15, -0.1) is 0 Å². The van der Waals surface area contributed by atoms with E-state index in [9.17, 15) is 0 Å². The zero-order valence-corrected chi connectivity index (χ0v) is 9.93. The molecular weight excluding hydrogens is 218 g/mol. The Labute approximate surface area is 99.0 Å². The third-order valence-electron chi connectivity index (χ3n) is 2.44. The quantitative estimate of drug-likeness (QED) is 0.764. The lowest BCUT2D eigenvalue weighted by Crippen LogP contribution is -1.96. The summed E-state index contributed by atoms with van der Waals surface area (Å²) in [5, 5.41) is 8.88. The molecular formula is C12H11N3S. The molecule has 2 aromatic rings. The second kappa shape index (κ2) is 3.95. The number of aromatic amines is 1. The number of benzene rings is 1. The van der Waals surface area contributed by atoms with Crippen molar-refractivity contribution in [1.29, 1.82) is 5.26 Å². The van der Waals surface area contributed by atoms with Gasteiger partial charge in [0.2, 0.25) is 0 Å². The number of aryl methyl sites for hydroxylation is 2. The van der Waals surface area contributed by atoms with E-state index < -0.39 is 0 Å². The molecule has 0 aliphatic heterocycles. The van der Waals surface area contributed by atoms with E-state index in [1.54, 1.807) is 0 Å².